The summed E-state index contributed by atoms with van der Waals surface area (Å²) in [6.45, 7) is 2.23. The second-order valence-corrected chi connectivity index (χ2v) is 9.81. The van der Waals surface area contributed by atoms with Gasteiger partial charge in [0.2, 0.25) is 0 Å². The fraction of sp³-hybridized carbons (Fsp3) is 0.552. The predicted octanol–water partition coefficient (Wildman–Crippen LogP) is 9.27. The molecule has 1 aliphatic rings. The van der Waals surface area contributed by atoms with E-state index in [4.69, 9.17) is 0 Å². The highest BCUT2D eigenvalue weighted by molar-refractivity contribution is 5.92. The highest BCUT2D eigenvalue weighted by Gasteiger charge is 2.28. The van der Waals surface area contributed by atoms with Gasteiger partial charge in [0, 0.05) is 0 Å². The Balaban J connectivity index is 1.64. The largest absolute Gasteiger partial charge is 0.478 e. The highest BCUT2D eigenvalue weighted by atomic mass is 19.2. The fourth-order valence-electron chi connectivity index (χ4n) is 5.46. The molecule has 0 unspecified atom stereocenters. The zero-order valence-electron chi connectivity index (χ0n) is 20.2. The van der Waals surface area contributed by atoms with Crippen molar-refractivity contribution in [3.05, 3.63) is 58.9 Å². The second-order valence-electron chi connectivity index (χ2n) is 9.81. The van der Waals surface area contributed by atoms with Crippen molar-refractivity contribution in [3.8, 4) is 11.1 Å². The molecule has 0 radical (unpaired) electrons. The Morgan fingerprint density at radius 1 is 0.882 bits per heavy atom. The van der Waals surface area contributed by atoms with Gasteiger partial charge in [-0.1, -0.05) is 76.8 Å². The van der Waals surface area contributed by atoms with Gasteiger partial charge >= 0.3 is 5.97 Å². The Labute approximate surface area is 201 Å². The average molecular weight is 475 g/mol. The summed E-state index contributed by atoms with van der Waals surface area (Å²) in [4.78, 5) is 12.0. The van der Waals surface area contributed by atoms with Crippen molar-refractivity contribution in [2.45, 2.75) is 96.3 Å². The van der Waals surface area contributed by atoms with Crippen LogP contribution in [0.1, 0.15) is 112 Å². The van der Waals surface area contributed by atoms with Crippen LogP contribution in [0.5, 0.6) is 0 Å². The van der Waals surface area contributed by atoms with Crippen LogP contribution in [0.25, 0.3) is 11.1 Å². The van der Waals surface area contributed by atoms with E-state index in [1.165, 1.54) is 57.8 Å². The van der Waals surface area contributed by atoms with E-state index in [9.17, 15) is 23.1 Å². The summed E-state index contributed by atoms with van der Waals surface area (Å²) >= 11 is 0. The molecule has 0 saturated heterocycles. The van der Waals surface area contributed by atoms with Crippen molar-refractivity contribution in [1.82, 2.24) is 0 Å². The second kappa shape index (κ2) is 13.0. The lowest BCUT2D eigenvalue weighted by Crippen LogP contribution is -2.17. The van der Waals surface area contributed by atoms with Crippen molar-refractivity contribution >= 4 is 5.97 Å². The molecule has 5 heteroatoms. The monoisotopic (exact) mass is 474 g/mol. The summed E-state index contributed by atoms with van der Waals surface area (Å²) < 4.78 is 41.4. The number of rotatable bonds is 12. The van der Waals surface area contributed by atoms with Gasteiger partial charge in [0.15, 0.2) is 17.5 Å². The van der Waals surface area contributed by atoms with E-state index in [1.807, 2.05) is 0 Å². The third kappa shape index (κ3) is 6.86. The molecule has 0 spiro atoms. The molecule has 0 aliphatic heterocycles. The SMILES string of the molecule is CCCCCCCCCCC1CCC(c2c(C(=O)O)cccc2-c2cc(F)c(F)c(F)c2)CC1. The van der Waals surface area contributed by atoms with Gasteiger partial charge in [0.05, 0.1) is 5.56 Å². The summed E-state index contributed by atoms with van der Waals surface area (Å²) in [5.74, 6) is -4.44. The number of unbranched alkanes of at least 4 members (excludes halogenated alkanes) is 7. The van der Waals surface area contributed by atoms with Crippen LogP contribution in [0.4, 0.5) is 13.2 Å². The topological polar surface area (TPSA) is 37.3 Å². The number of hydrogen-bond acceptors (Lipinski definition) is 1. The van der Waals surface area contributed by atoms with E-state index < -0.39 is 23.4 Å². The zero-order chi connectivity index (χ0) is 24.5. The molecule has 1 aliphatic carbocycles. The lowest BCUT2D eigenvalue weighted by atomic mass is 9.74. The molecule has 3 rings (SSSR count). The standard InChI is InChI=1S/C29H37F3O2/c1-2-3-4-5-6-7-8-9-11-20-14-16-21(17-15-20)27-23(12-10-13-24(27)29(33)34)22-18-25(30)28(32)26(31)19-22/h10,12-13,18-21H,2-9,11,14-17H2,1H3,(H,33,34). The maximum atomic E-state index is 13.9. The minimum atomic E-state index is -1.51. The summed E-state index contributed by atoms with van der Waals surface area (Å²) in [5, 5.41) is 9.80. The number of carbonyl (C=O) groups is 1. The fourth-order valence-corrected chi connectivity index (χ4v) is 5.46. The van der Waals surface area contributed by atoms with Crippen LogP contribution in [-0.4, -0.2) is 11.1 Å². The van der Waals surface area contributed by atoms with Gasteiger partial charge < -0.3 is 5.11 Å². The van der Waals surface area contributed by atoms with Crippen molar-refractivity contribution in [1.29, 1.82) is 0 Å². The first kappa shape index (κ1) is 26.3. The number of benzene rings is 2. The van der Waals surface area contributed by atoms with E-state index in [2.05, 4.69) is 6.92 Å². The molecule has 2 aromatic rings. The molecule has 186 valence electrons. The van der Waals surface area contributed by atoms with Crippen LogP contribution in [0.3, 0.4) is 0 Å². The minimum Gasteiger partial charge on any atom is -0.478 e. The van der Waals surface area contributed by atoms with Gasteiger partial charge in [0.25, 0.3) is 0 Å². The third-order valence-electron chi connectivity index (χ3n) is 7.35. The first-order valence-corrected chi connectivity index (χ1v) is 12.9. The Morgan fingerprint density at radius 3 is 2.06 bits per heavy atom. The lowest BCUT2D eigenvalue weighted by molar-refractivity contribution is 0.0694. The van der Waals surface area contributed by atoms with Crippen LogP contribution < -0.4 is 0 Å². The van der Waals surface area contributed by atoms with E-state index >= 15 is 0 Å². The maximum absolute atomic E-state index is 13.9. The first-order valence-electron chi connectivity index (χ1n) is 12.9. The summed E-state index contributed by atoms with van der Waals surface area (Å²) in [6, 6.07) is 6.72. The molecule has 2 nitrogen and oxygen atoms in total. The molecule has 1 fully saturated rings. The Hall–Kier alpha value is -2.30. The van der Waals surface area contributed by atoms with Gasteiger partial charge in [0.1, 0.15) is 0 Å². The lowest BCUT2D eigenvalue weighted by Gasteiger charge is -2.31. The number of halogens is 3. The summed E-state index contributed by atoms with van der Waals surface area (Å²) in [5.41, 5.74) is 1.43. The molecule has 0 aromatic heterocycles. The predicted molar refractivity (Wildman–Crippen MR) is 131 cm³/mol. The molecule has 0 heterocycles. The van der Waals surface area contributed by atoms with E-state index in [0.29, 0.717) is 17.0 Å². The van der Waals surface area contributed by atoms with Crippen LogP contribution in [0.2, 0.25) is 0 Å². The van der Waals surface area contributed by atoms with E-state index in [1.54, 1.807) is 18.2 Å². The Bertz CT molecular complexity index is 925. The van der Waals surface area contributed by atoms with Crippen LogP contribution >= 0.6 is 0 Å². The molecule has 0 bridgehead atoms. The van der Waals surface area contributed by atoms with E-state index in [-0.39, 0.29) is 17.0 Å². The van der Waals surface area contributed by atoms with Gasteiger partial charge in [-0.15, -0.1) is 0 Å². The molecule has 0 amide bonds. The smallest absolute Gasteiger partial charge is 0.335 e. The summed E-state index contributed by atoms with van der Waals surface area (Å²) in [6.07, 6.45) is 15.4. The molecule has 1 N–H and O–H groups in total. The van der Waals surface area contributed by atoms with Gasteiger partial charge in [-0.3, -0.25) is 0 Å². The molecule has 34 heavy (non-hydrogen) atoms. The van der Waals surface area contributed by atoms with Crippen molar-refractivity contribution in [3.63, 3.8) is 0 Å². The average Bonchev–Trinajstić information content (AvgIpc) is 2.83. The molecule has 2 aromatic carbocycles. The van der Waals surface area contributed by atoms with Crippen LogP contribution in [0.15, 0.2) is 30.3 Å². The van der Waals surface area contributed by atoms with Gasteiger partial charge in [-0.25, -0.2) is 18.0 Å². The van der Waals surface area contributed by atoms with Crippen molar-refractivity contribution < 1.29 is 23.1 Å². The summed E-state index contributed by atoms with van der Waals surface area (Å²) in [7, 11) is 0. The van der Waals surface area contributed by atoms with Crippen LogP contribution in [-0.2, 0) is 0 Å². The molecular weight excluding hydrogens is 437 g/mol. The Kier molecular flexibility index (Phi) is 10.0. The highest BCUT2D eigenvalue weighted by Crippen LogP contribution is 2.43. The van der Waals surface area contributed by atoms with Crippen LogP contribution in [0, 0.1) is 23.4 Å². The molecular formula is C29H37F3O2. The Morgan fingerprint density at radius 2 is 1.47 bits per heavy atom. The maximum Gasteiger partial charge on any atom is 0.335 e. The normalized spacial score (nSPS) is 18.2. The van der Waals surface area contributed by atoms with E-state index in [0.717, 1.165) is 37.8 Å². The third-order valence-corrected chi connectivity index (χ3v) is 7.35. The molecule has 1 saturated carbocycles. The van der Waals surface area contributed by atoms with Crippen molar-refractivity contribution in [2.24, 2.45) is 5.92 Å². The van der Waals surface area contributed by atoms with Gasteiger partial charge in [-0.05, 0) is 72.4 Å². The number of carboxylic acid groups (broad SMARTS) is 1. The van der Waals surface area contributed by atoms with Crippen molar-refractivity contribution in [2.75, 3.05) is 0 Å². The minimum absolute atomic E-state index is 0.00768. The number of aromatic carboxylic acids is 1. The quantitative estimate of drug-likeness (QED) is 0.246. The van der Waals surface area contributed by atoms with Gasteiger partial charge in [-0.2, -0.15) is 0 Å². The first-order chi connectivity index (χ1) is 16.4. The zero-order valence-corrected chi connectivity index (χ0v) is 20.2. The number of hydrogen-bond donors (Lipinski definition) is 1. The molecule has 0 atom stereocenters. The number of carboxylic acids is 1.